The molecule has 2 rings (SSSR count). The third kappa shape index (κ3) is 12.4. The first kappa shape index (κ1) is 58.6. The summed E-state index contributed by atoms with van der Waals surface area (Å²) < 4.78 is 263. The van der Waals surface area contributed by atoms with Crippen LogP contribution in [0.15, 0.2) is 60.2 Å². The summed E-state index contributed by atoms with van der Waals surface area (Å²) >= 11 is 0. The molecule has 0 bridgehead atoms. The number of amides is 1. The van der Waals surface area contributed by atoms with E-state index in [0.29, 0.717) is 22.6 Å². The van der Waals surface area contributed by atoms with Crippen LogP contribution in [0.4, 0.5) is 85.1 Å². The van der Waals surface area contributed by atoms with E-state index in [-0.39, 0.29) is 25.2 Å². The van der Waals surface area contributed by atoms with E-state index >= 15 is 8.78 Å². The van der Waals surface area contributed by atoms with Crippen LogP contribution in [0.3, 0.4) is 0 Å². The Hall–Kier alpha value is -4.49. The summed E-state index contributed by atoms with van der Waals surface area (Å²) in [5.74, 6) is -56.8. The number of nitrogens with one attached hydrogen (secondary N) is 1. The molecule has 0 aromatic heterocycles. The average Bonchev–Trinajstić information content (AvgIpc) is 3.22. The highest BCUT2D eigenvalue weighted by Crippen LogP contribution is 2.64. The lowest BCUT2D eigenvalue weighted by Gasteiger charge is -2.44. The molecule has 0 saturated carbocycles. The average molecular weight is 1020 g/mol. The van der Waals surface area contributed by atoms with E-state index in [4.69, 9.17) is 23.4 Å². The first-order chi connectivity index (χ1) is 30.5. The van der Waals surface area contributed by atoms with E-state index in [9.17, 15) is 75.4 Å². The fraction of sp³-hybridized carbons (Fsp3) is 0.610. The van der Waals surface area contributed by atoms with E-state index < -0.39 is 111 Å². The highest BCUT2D eigenvalue weighted by molar-refractivity contribution is 6.76. The molecule has 26 heteroatoms. The van der Waals surface area contributed by atoms with E-state index in [1.807, 2.05) is 0 Å². The van der Waals surface area contributed by atoms with Crippen molar-refractivity contribution in [2.75, 3.05) is 32.2 Å². The van der Waals surface area contributed by atoms with Crippen molar-refractivity contribution < 1.29 is 108 Å². The molecule has 0 radical (unpaired) electrons. The number of carbonyl (C=O) groups is 2. The monoisotopic (exact) mass is 1020 g/mol. The molecule has 1 atom stereocenters. The van der Waals surface area contributed by atoms with Gasteiger partial charge in [-0.1, -0.05) is 45.9 Å². The Morgan fingerprint density at radius 3 is 1.61 bits per heavy atom. The molecule has 67 heavy (non-hydrogen) atoms. The zero-order valence-corrected chi connectivity index (χ0v) is 37.7. The number of ether oxygens (including phenoxy) is 4. The van der Waals surface area contributed by atoms with Crippen molar-refractivity contribution >= 4 is 26.1 Å². The van der Waals surface area contributed by atoms with Crippen LogP contribution < -0.4 is 14.8 Å². The maximum absolute atomic E-state index is 15.0. The maximum atomic E-state index is 15.0. The number of methoxy groups -OCH3 is 1. The Morgan fingerprint density at radius 1 is 0.672 bits per heavy atom. The van der Waals surface area contributed by atoms with Gasteiger partial charge in [0.05, 0.1) is 20.3 Å². The summed E-state index contributed by atoms with van der Waals surface area (Å²) in [6.45, 7) is 7.61. The smallest absolute Gasteiger partial charge is 0.460 e. The second kappa shape index (κ2) is 21.9. The van der Waals surface area contributed by atoms with Crippen LogP contribution in [-0.2, 0) is 18.7 Å². The van der Waals surface area contributed by atoms with Crippen molar-refractivity contribution in [1.29, 1.82) is 0 Å². The number of rotatable bonds is 25. The van der Waals surface area contributed by atoms with Gasteiger partial charge in [-0.2, -0.15) is 74.6 Å². The van der Waals surface area contributed by atoms with Crippen LogP contribution in [0.5, 0.6) is 11.5 Å². The summed E-state index contributed by atoms with van der Waals surface area (Å²) in [5.41, 5.74) is -0.687. The molecule has 0 aliphatic rings. The van der Waals surface area contributed by atoms with Crippen molar-refractivity contribution in [3.8, 4) is 11.5 Å². The molecule has 0 saturated heterocycles. The van der Waals surface area contributed by atoms with Gasteiger partial charge in [-0.25, -0.2) is 9.59 Å². The number of hydrogen-bond acceptors (Lipinski definition) is 7. The molecule has 0 aliphatic heterocycles. The molecule has 0 spiro atoms. The second-order valence-corrected chi connectivity index (χ2v) is 20.6. The standard InChI is InChI=1S/C41H48F17NO7Si/c1-8-63-32(60)26(6)10-9-11-31(66-33(61)59-28-14-18-29(62-7)19-15-28)27-12-16-30(17-13-27)64-21-22-65-67(24(2)3,25(4)5)23-20-34(42,43)35(44,45)36(46,47)37(48,49)38(50,51)39(52,53)40(54,55)41(56,57)58/h10,12-19,24-25,31H,8-9,11,20-23H2,1-7H3,(H,59,61)/b26-10+/t31-/m0/s1. The first-order valence-electron chi connectivity index (χ1n) is 20.0. The normalized spacial score (nSPS) is 14.6. The van der Waals surface area contributed by atoms with Crippen LogP contribution in [0.1, 0.15) is 72.5 Å². The van der Waals surface area contributed by atoms with Crippen molar-refractivity contribution in [1.82, 2.24) is 0 Å². The van der Waals surface area contributed by atoms with Gasteiger partial charge in [-0.3, -0.25) is 5.32 Å². The fourth-order valence-electron chi connectivity index (χ4n) is 6.55. The topological polar surface area (TPSA) is 92.3 Å². The van der Waals surface area contributed by atoms with E-state index in [1.165, 1.54) is 66.0 Å². The van der Waals surface area contributed by atoms with E-state index in [1.54, 1.807) is 37.3 Å². The van der Waals surface area contributed by atoms with Crippen molar-refractivity contribution in [2.45, 2.75) is 132 Å². The predicted molar refractivity (Wildman–Crippen MR) is 209 cm³/mol. The Labute approximate surface area is 374 Å². The third-order valence-corrected chi connectivity index (χ3v) is 16.3. The largest absolute Gasteiger partial charge is 0.497 e. The van der Waals surface area contributed by atoms with Gasteiger partial charge in [0.1, 0.15) is 24.2 Å². The quantitative estimate of drug-likeness (QED) is 0.0348. The zero-order valence-electron chi connectivity index (χ0n) is 36.7. The van der Waals surface area contributed by atoms with Crippen molar-refractivity contribution in [3.63, 3.8) is 0 Å². The first-order valence-corrected chi connectivity index (χ1v) is 22.3. The van der Waals surface area contributed by atoms with Gasteiger partial charge in [-0.15, -0.1) is 0 Å². The van der Waals surface area contributed by atoms with Crippen molar-refractivity contribution in [3.05, 3.63) is 65.7 Å². The summed E-state index contributed by atoms with van der Waals surface area (Å²) in [7, 11) is -2.56. The number of carbonyl (C=O) groups excluding carboxylic acids is 2. The zero-order chi connectivity index (χ0) is 51.8. The number of halogens is 17. The van der Waals surface area contributed by atoms with E-state index in [0.717, 1.165) is 0 Å². The lowest BCUT2D eigenvalue weighted by molar-refractivity contribution is -0.461. The second-order valence-electron chi connectivity index (χ2n) is 15.6. The lowest BCUT2D eigenvalue weighted by atomic mass is 9.88. The minimum Gasteiger partial charge on any atom is -0.497 e. The summed E-state index contributed by atoms with van der Waals surface area (Å²) in [6.07, 6.45) is -10.2. The predicted octanol–water partition coefficient (Wildman–Crippen LogP) is 13.8. The number of alkyl halides is 17. The van der Waals surface area contributed by atoms with Crippen LogP contribution in [0.2, 0.25) is 17.1 Å². The summed E-state index contributed by atoms with van der Waals surface area (Å²) in [5, 5.41) is 2.57. The number of esters is 1. The van der Waals surface area contributed by atoms with Gasteiger partial charge in [0.15, 0.2) is 8.32 Å². The Bertz CT molecular complexity index is 1950. The molecular weight excluding hydrogens is 970 g/mol. The van der Waals surface area contributed by atoms with Crippen LogP contribution in [0.25, 0.3) is 0 Å². The van der Waals surface area contributed by atoms with Crippen LogP contribution in [-0.4, -0.2) is 94.9 Å². The summed E-state index contributed by atoms with van der Waals surface area (Å²) in [4.78, 5) is 24.9. The van der Waals surface area contributed by atoms with Gasteiger partial charge in [0.25, 0.3) is 0 Å². The van der Waals surface area contributed by atoms with Crippen molar-refractivity contribution in [2.24, 2.45) is 0 Å². The Kier molecular flexibility index (Phi) is 19.1. The maximum Gasteiger partial charge on any atom is 0.460 e. The molecule has 2 aromatic rings. The number of hydrogen-bond donors (Lipinski definition) is 1. The van der Waals surface area contributed by atoms with Gasteiger partial charge in [0, 0.05) is 17.7 Å². The Morgan fingerprint density at radius 2 is 1.15 bits per heavy atom. The molecule has 1 N–H and O–H groups in total. The lowest BCUT2D eigenvalue weighted by Crippen LogP contribution is -2.74. The molecule has 0 aliphatic carbocycles. The molecule has 0 unspecified atom stereocenters. The van der Waals surface area contributed by atoms with Gasteiger partial charge < -0.3 is 23.4 Å². The number of allylic oxidation sites excluding steroid dienone is 1. The highest BCUT2D eigenvalue weighted by atomic mass is 28.4. The van der Waals surface area contributed by atoms with Gasteiger partial charge in [-0.05, 0) is 85.8 Å². The minimum absolute atomic E-state index is 0.123. The molecule has 8 nitrogen and oxygen atoms in total. The number of benzene rings is 2. The highest BCUT2D eigenvalue weighted by Gasteiger charge is 2.95. The molecule has 0 fully saturated rings. The van der Waals surface area contributed by atoms with Crippen LogP contribution >= 0.6 is 0 Å². The molecule has 382 valence electrons. The van der Waals surface area contributed by atoms with E-state index in [2.05, 4.69) is 5.32 Å². The third-order valence-electron chi connectivity index (χ3n) is 10.6. The number of anilines is 1. The Balaban J connectivity index is 2.28. The molecule has 1 amide bonds. The molecular formula is C41H48F17NO7Si. The van der Waals surface area contributed by atoms with Crippen LogP contribution in [0, 0.1) is 0 Å². The van der Waals surface area contributed by atoms with Gasteiger partial charge in [0.2, 0.25) is 0 Å². The SMILES string of the molecule is CCOC(=O)/C(C)=C/CC[C@H](OC(=O)Nc1ccc(OC)cc1)c1ccc(OCCO[Si](CCC(F)(F)C(F)(F)C(F)(F)C(F)(F)C(F)(F)C(F)(F)C(F)(F)C(F)(F)F)(C(C)C)C(C)C)cc1. The minimum atomic E-state index is -8.70. The fourth-order valence-corrected chi connectivity index (χ4v) is 11.0. The molecule has 0 heterocycles. The summed E-state index contributed by atoms with van der Waals surface area (Å²) in [6, 6.07) is 10.7. The van der Waals surface area contributed by atoms with Gasteiger partial charge >= 0.3 is 59.7 Å². The molecule has 2 aromatic carbocycles.